The standard InChI is InChI=1S/C20H17BrN2O3S/c1-25-20(24)19-17(26-11-13-5-3-2-4-6-13)10-18(27-19)23-12-22-15-9-14(21)7-8-16(15)23/h2-10,22H,11-12H2,1H3. The Bertz CT molecular complexity index is 975. The summed E-state index contributed by atoms with van der Waals surface area (Å²) in [7, 11) is 1.38. The minimum atomic E-state index is -0.391. The summed E-state index contributed by atoms with van der Waals surface area (Å²) in [6, 6.07) is 17.8. The van der Waals surface area contributed by atoms with Crippen molar-refractivity contribution in [3.8, 4) is 5.75 Å². The molecule has 0 atom stereocenters. The zero-order valence-corrected chi connectivity index (χ0v) is 17.0. The molecule has 27 heavy (non-hydrogen) atoms. The minimum absolute atomic E-state index is 0.391. The molecule has 2 aromatic carbocycles. The third-order valence-electron chi connectivity index (χ3n) is 4.24. The number of halogens is 1. The summed E-state index contributed by atoms with van der Waals surface area (Å²) in [5, 5.41) is 4.29. The number of rotatable bonds is 5. The van der Waals surface area contributed by atoms with E-state index >= 15 is 0 Å². The number of esters is 1. The van der Waals surface area contributed by atoms with Crippen LogP contribution >= 0.6 is 27.3 Å². The number of fused-ring (bicyclic) bond motifs is 1. The molecule has 0 saturated carbocycles. The smallest absolute Gasteiger partial charge is 0.351 e. The zero-order valence-electron chi connectivity index (χ0n) is 14.6. The molecule has 138 valence electrons. The lowest BCUT2D eigenvalue weighted by molar-refractivity contribution is 0.0601. The molecule has 0 amide bonds. The van der Waals surface area contributed by atoms with Gasteiger partial charge in [0.2, 0.25) is 0 Å². The summed E-state index contributed by atoms with van der Waals surface area (Å²) in [5.41, 5.74) is 3.15. The molecule has 0 radical (unpaired) electrons. The summed E-state index contributed by atoms with van der Waals surface area (Å²) < 4.78 is 11.9. The average Bonchev–Trinajstić information content (AvgIpc) is 3.30. The van der Waals surface area contributed by atoms with Gasteiger partial charge in [0.15, 0.2) is 4.88 Å². The van der Waals surface area contributed by atoms with E-state index < -0.39 is 5.97 Å². The zero-order chi connectivity index (χ0) is 18.8. The van der Waals surface area contributed by atoms with Crippen LogP contribution in [0, 0.1) is 0 Å². The largest absolute Gasteiger partial charge is 0.487 e. The van der Waals surface area contributed by atoms with E-state index in [4.69, 9.17) is 9.47 Å². The average molecular weight is 445 g/mol. The number of nitrogens with zero attached hydrogens (tertiary/aromatic N) is 1. The van der Waals surface area contributed by atoms with Gasteiger partial charge in [-0.05, 0) is 23.8 Å². The molecule has 0 bridgehead atoms. The Morgan fingerprint density at radius 3 is 2.81 bits per heavy atom. The summed E-state index contributed by atoms with van der Waals surface area (Å²) in [6.45, 7) is 1.02. The van der Waals surface area contributed by atoms with Gasteiger partial charge in [-0.2, -0.15) is 0 Å². The lowest BCUT2D eigenvalue weighted by Crippen LogP contribution is -2.14. The van der Waals surface area contributed by atoms with Gasteiger partial charge >= 0.3 is 5.97 Å². The third kappa shape index (κ3) is 3.65. The molecule has 7 heteroatoms. The molecule has 1 aliphatic heterocycles. The van der Waals surface area contributed by atoms with Crippen molar-refractivity contribution in [1.82, 2.24) is 0 Å². The summed E-state index contributed by atoms with van der Waals surface area (Å²) in [5.74, 6) is 0.147. The van der Waals surface area contributed by atoms with Crippen LogP contribution in [0.1, 0.15) is 15.2 Å². The lowest BCUT2D eigenvalue weighted by Gasteiger charge is -2.15. The molecule has 3 aromatic rings. The van der Waals surface area contributed by atoms with Gasteiger partial charge in [0.1, 0.15) is 17.4 Å². The van der Waals surface area contributed by atoms with Crippen molar-refractivity contribution >= 4 is 49.6 Å². The van der Waals surface area contributed by atoms with Crippen LogP contribution in [0.15, 0.2) is 59.1 Å². The van der Waals surface area contributed by atoms with E-state index in [9.17, 15) is 4.79 Å². The second-order valence-corrected chi connectivity index (χ2v) is 7.91. The molecule has 0 unspecified atom stereocenters. The van der Waals surface area contributed by atoms with Gasteiger partial charge < -0.3 is 19.7 Å². The molecule has 1 aromatic heterocycles. The first kappa shape index (κ1) is 17.9. The number of carbonyl (C=O) groups is 1. The fourth-order valence-corrected chi connectivity index (χ4v) is 4.30. The van der Waals surface area contributed by atoms with Crippen LogP contribution in [0.3, 0.4) is 0 Å². The summed E-state index contributed by atoms with van der Waals surface area (Å²) >= 11 is 4.86. The molecule has 0 fully saturated rings. The van der Waals surface area contributed by atoms with E-state index in [1.54, 1.807) is 0 Å². The number of benzene rings is 2. The Kier molecular flexibility index (Phi) is 5.05. The molecule has 2 heterocycles. The number of nitrogens with one attached hydrogen (secondary N) is 1. The van der Waals surface area contributed by atoms with Crippen LogP contribution < -0.4 is 15.0 Å². The Hall–Kier alpha value is -2.51. The molecule has 4 rings (SSSR count). The molecule has 1 aliphatic rings. The first-order chi connectivity index (χ1) is 13.2. The maximum atomic E-state index is 12.2. The fourth-order valence-electron chi connectivity index (χ4n) is 2.90. The van der Waals surface area contributed by atoms with Gasteiger partial charge in [-0.15, -0.1) is 11.3 Å². The Labute approximate surface area is 169 Å². The predicted molar refractivity (Wildman–Crippen MR) is 111 cm³/mol. The van der Waals surface area contributed by atoms with E-state index in [0.29, 0.717) is 23.9 Å². The minimum Gasteiger partial charge on any atom is -0.487 e. The van der Waals surface area contributed by atoms with Crippen LogP contribution in [0.5, 0.6) is 5.75 Å². The van der Waals surface area contributed by atoms with Crippen LogP contribution in [-0.4, -0.2) is 19.7 Å². The Morgan fingerprint density at radius 2 is 2.04 bits per heavy atom. The molecule has 5 nitrogen and oxygen atoms in total. The highest BCUT2D eigenvalue weighted by Gasteiger charge is 2.26. The molecule has 0 saturated heterocycles. The SMILES string of the molecule is COC(=O)c1sc(N2CNc3cc(Br)ccc32)cc1OCc1ccccc1. The quantitative estimate of drug-likeness (QED) is 0.534. The number of methoxy groups -OCH3 is 1. The number of hydrogen-bond acceptors (Lipinski definition) is 6. The third-order valence-corrected chi connectivity index (χ3v) is 5.85. The van der Waals surface area contributed by atoms with E-state index in [2.05, 4.69) is 26.1 Å². The van der Waals surface area contributed by atoms with Crippen molar-refractivity contribution in [2.75, 3.05) is 24.0 Å². The first-order valence-corrected chi connectivity index (χ1v) is 9.96. The number of carbonyl (C=O) groups excluding carboxylic acids is 1. The van der Waals surface area contributed by atoms with E-state index in [0.717, 1.165) is 26.4 Å². The van der Waals surface area contributed by atoms with Crippen LogP contribution in [0.2, 0.25) is 0 Å². The second-order valence-electron chi connectivity index (χ2n) is 5.97. The molecule has 0 spiro atoms. The second kappa shape index (κ2) is 7.62. The van der Waals surface area contributed by atoms with Gasteiger partial charge in [-0.1, -0.05) is 46.3 Å². The van der Waals surface area contributed by atoms with Crippen molar-refractivity contribution in [1.29, 1.82) is 0 Å². The van der Waals surface area contributed by atoms with Gasteiger partial charge in [0.25, 0.3) is 0 Å². The first-order valence-electron chi connectivity index (χ1n) is 8.35. The van der Waals surface area contributed by atoms with Crippen LogP contribution in [0.25, 0.3) is 0 Å². The van der Waals surface area contributed by atoms with Crippen molar-refractivity contribution in [2.24, 2.45) is 0 Å². The van der Waals surface area contributed by atoms with E-state index in [1.165, 1.54) is 18.4 Å². The Morgan fingerprint density at radius 1 is 1.22 bits per heavy atom. The van der Waals surface area contributed by atoms with E-state index in [1.807, 2.05) is 54.6 Å². The molecular formula is C20H17BrN2O3S. The number of hydrogen-bond donors (Lipinski definition) is 1. The lowest BCUT2D eigenvalue weighted by atomic mass is 10.2. The Balaban J connectivity index is 1.63. The topological polar surface area (TPSA) is 50.8 Å². The van der Waals surface area contributed by atoms with Crippen molar-refractivity contribution < 1.29 is 14.3 Å². The van der Waals surface area contributed by atoms with Crippen molar-refractivity contribution in [3.63, 3.8) is 0 Å². The normalized spacial score (nSPS) is 12.4. The highest BCUT2D eigenvalue weighted by Crippen LogP contribution is 2.44. The van der Waals surface area contributed by atoms with Gasteiger partial charge in [0.05, 0.1) is 25.2 Å². The highest BCUT2D eigenvalue weighted by atomic mass is 79.9. The summed E-state index contributed by atoms with van der Waals surface area (Å²) in [6.07, 6.45) is 0. The van der Waals surface area contributed by atoms with E-state index in [-0.39, 0.29) is 0 Å². The van der Waals surface area contributed by atoms with Crippen LogP contribution in [-0.2, 0) is 11.3 Å². The van der Waals surface area contributed by atoms with Gasteiger partial charge in [0, 0.05) is 10.5 Å². The highest BCUT2D eigenvalue weighted by molar-refractivity contribution is 9.10. The van der Waals surface area contributed by atoms with Crippen molar-refractivity contribution in [3.05, 3.63) is 69.5 Å². The molecular weight excluding hydrogens is 428 g/mol. The van der Waals surface area contributed by atoms with Gasteiger partial charge in [-0.25, -0.2) is 4.79 Å². The number of anilines is 3. The molecule has 0 aliphatic carbocycles. The maximum absolute atomic E-state index is 12.2. The monoisotopic (exact) mass is 444 g/mol. The number of ether oxygens (including phenoxy) is 2. The van der Waals surface area contributed by atoms with Crippen molar-refractivity contribution in [2.45, 2.75) is 6.61 Å². The maximum Gasteiger partial charge on any atom is 0.351 e. The number of thiophene rings is 1. The summed E-state index contributed by atoms with van der Waals surface area (Å²) in [4.78, 5) is 14.8. The predicted octanol–water partition coefficient (Wildman–Crippen LogP) is 5.40. The fraction of sp³-hybridized carbons (Fsp3) is 0.150. The molecule has 1 N–H and O–H groups in total. The van der Waals surface area contributed by atoms with Crippen LogP contribution in [0.4, 0.5) is 16.4 Å². The van der Waals surface area contributed by atoms with Gasteiger partial charge in [-0.3, -0.25) is 0 Å².